The summed E-state index contributed by atoms with van der Waals surface area (Å²) >= 11 is 0. The van der Waals surface area contributed by atoms with Gasteiger partial charge in [0.05, 0.1) is 22.3 Å². The van der Waals surface area contributed by atoms with E-state index >= 15 is 0 Å². The molecule has 6 rings (SSSR count). The van der Waals surface area contributed by atoms with Crippen molar-refractivity contribution in [1.82, 2.24) is 4.58 Å². The molecule has 1 aliphatic heterocycles. The van der Waals surface area contributed by atoms with Gasteiger partial charge in [-0.15, -0.1) is 0 Å². The number of anilines is 2. The van der Waals surface area contributed by atoms with Crippen LogP contribution in [0.1, 0.15) is 67.3 Å². The zero-order valence-electron chi connectivity index (χ0n) is 26.4. The van der Waals surface area contributed by atoms with Crippen LogP contribution in [-0.4, -0.2) is 23.1 Å². The number of fused-ring (bicyclic) bond motifs is 1. The maximum Gasteiger partial charge on any atom is 0.219 e. The van der Waals surface area contributed by atoms with Crippen molar-refractivity contribution in [2.24, 2.45) is 0 Å². The average molecular weight is 582 g/mol. The van der Waals surface area contributed by atoms with Gasteiger partial charge in [0.25, 0.3) is 0 Å². The quantitative estimate of drug-likeness (QED) is 0.122. The number of para-hydroxylation sites is 1. The summed E-state index contributed by atoms with van der Waals surface area (Å²) in [7, 11) is 0. The zero-order valence-corrected chi connectivity index (χ0v) is 26.4. The van der Waals surface area contributed by atoms with Crippen molar-refractivity contribution in [1.29, 1.82) is 0 Å². The van der Waals surface area contributed by atoms with E-state index in [2.05, 4.69) is 98.7 Å². The van der Waals surface area contributed by atoms with Crippen LogP contribution in [0.3, 0.4) is 0 Å². The number of benzene rings is 4. The summed E-state index contributed by atoms with van der Waals surface area (Å²) in [6, 6.07) is 31.4. The summed E-state index contributed by atoms with van der Waals surface area (Å²) in [4.78, 5) is 16.1. The Bertz CT molecular complexity index is 1820. The van der Waals surface area contributed by atoms with Crippen molar-refractivity contribution in [2.75, 3.05) is 4.90 Å². The Morgan fingerprint density at radius 3 is 2.20 bits per heavy atom. The number of carbonyl (C=O) groups excluding carboxylic acids is 1. The van der Waals surface area contributed by atoms with Crippen LogP contribution in [0, 0.1) is 20.8 Å². The third-order valence-corrected chi connectivity index (χ3v) is 8.93. The number of rotatable bonds is 9. The van der Waals surface area contributed by atoms with Crippen LogP contribution in [-0.2, 0) is 4.79 Å². The minimum Gasteiger partial charge on any atom is -0.506 e. The maximum atomic E-state index is 13.7. The van der Waals surface area contributed by atoms with Crippen LogP contribution in [0.2, 0.25) is 0 Å². The number of nitrogens with zero attached hydrogens (tertiary/aromatic N) is 2. The summed E-state index contributed by atoms with van der Waals surface area (Å²) in [5.74, 6) is -0.0602. The Morgan fingerprint density at radius 2 is 1.52 bits per heavy atom. The van der Waals surface area contributed by atoms with Crippen LogP contribution in [0.5, 0.6) is 0 Å². The number of carbonyl (C=O) groups is 1. The predicted octanol–water partition coefficient (Wildman–Crippen LogP) is 9.94. The van der Waals surface area contributed by atoms with E-state index in [9.17, 15) is 9.90 Å². The SMILES string of the molecule is CCCCCC(C)N(c1ccc(C2=C(O)/C(=C3/C=[N+](c4ccc(C)cc4)c4ccccc43)C2=O)cc1)c1ccc(C)cc1C. The van der Waals surface area contributed by atoms with Gasteiger partial charge in [-0.3, -0.25) is 4.79 Å². The minimum atomic E-state index is -0.124. The van der Waals surface area contributed by atoms with E-state index in [1.807, 2.05) is 42.6 Å². The summed E-state index contributed by atoms with van der Waals surface area (Å²) in [6.45, 7) is 10.9. The number of hydrogen-bond donors (Lipinski definition) is 1. The molecule has 4 heteroatoms. The van der Waals surface area contributed by atoms with Crippen molar-refractivity contribution in [3.05, 3.63) is 130 Å². The number of aliphatic hydroxyl groups excluding tert-OH is 1. The number of aliphatic hydroxyl groups is 1. The van der Waals surface area contributed by atoms with E-state index in [0.29, 0.717) is 17.2 Å². The van der Waals surface area contributed by atoms with Crippen LogP contribution in [0.15, 0.2) is 102 Å². The predicted molar refractivity (Wildman–Crippen MR) is 185 cm³/mol. The van der Waals surface area contributed by atoms with Gasteiger partial charge >= 0.3 is 0 Å². The van der Waals surface area contributed by atoms with Gasteiger partial charge in [-0.25, -0.2) is 0 Å². The molecule has 1 aliphatic carbocycles. The van der Waals surface area contributed by atoms with Crippen molar-refractivity contribution in [3.8, 4) is 0 Å². The molecule has 4 aromatic carbocycles. The fraction of sp³-hybridized carbons (Fsp3) is 0.250. The van der Waals surface area contributed by atoms with E-state index in [0.717, 1.165) is 40.2 Å². The van der Waals surface area contributed by atoms with Gasteiger partial charge in [0.2, 0.25) is 17.2 Å². The monoisotopic (exact) mass is 581 g/mol. The Hall–Kier alpha value is -4.70. The van der Waals surface area contributed by atoms with E-state index in [1.165, 1.54) is 41.6 Å². The highest BCUT2D eigenvalue weighted by molar-refractivity contribution is 6.44. The lowest BCUT2D eigenvalue weighted by atomic mass is 9.80. The number of unbranched alkanes of at least 4 members (excludes halogenated alkanes) is 2. The molecule has 2 aliphatic rings. The van der Waals surface area contributed by atoms with Gasteiger partial charge in [-0.2, -0.15) is 4.58 Å². The summed E-state index contributed by atoms with van der Waals surface area (Å²) in [5, 5.41) is 11.4. The van der Waals surface area contributed by atoms with Gasteiger partial charge in [0.1, 0.15) is 5.76 Å². The molecular formula is C40H41N2O2+. The molecule has 0 aromatic heterocycles. The Labute approximate surface area is 261 Å². The molecule has 44 heavy (non-hydrogen) atoms. The van der Waals surface area contributed by atoms with Crippen LogP contribution < -0.4 is 9.48 Å². The van der Waals surface area contributed by atoms with Gasteiger partial charge in [-0.05, 0) is 69.5 Å². The zero-order chi connectivity index (χ0) is 31.0. The lowest BCUT2D eigenvalue weighted by molar-refractivity contribution is -0.111. The van der Waals surface area contributed by atoms with Crippen LogP contribution >= 0.6 is 0 Å². The first-order valence-electron chi connectivity index (χ1n) is 15.8. The largest absolute Gasteiger partial charge is 0.506 e. The highest BCUT2D eigenvalue weighted by Crippen LogP contribution is 2.44. The fourth-order valence-electron chi connectivity index (χ4n) is 6.53. The molecule has 4 aromatic rings. The highest BCUT2D eigenvalue weighted by Gasteiger charge is 2.41. The van der Waals surface area contributed by atoms with E-state index in [1.54, 1.807) is 0 Å². The molecule has 0 saturated heterocycles. The molecule has 222 valence electrons. The van der Waals surface area contributed by atoms with Crippen molar-refractivity contribution < 1.29 is 9.90 Å². The lowest BCUT2D eigenvalue weighted by Crippen LogP contribution is -2.29. The first-order chi connectivity index (χ1) is 21.3. The number of hydrogen-bond acceptors (Lipinski definition) is 3. The van der Waals surface area contributed by atoms with E-state index in [-0.39, 0.29) is 11.5 Å². The normalized spacial score (nSPS) is 16.5. The lowest BCUT2D eigenvalue weighted by Gasteiger charge is -2.33. The topological polar surface area (TPSA) is 43.5 Å². The van der Waals surface area contributed by atoms with Gasteiger partial charge in [0.15, 0.2) is 6.21 Å². The molecule has 0 fully saturated rings. The molecule has 0 bridgehead atoms. The Morgan fingerprint density at radius 1 is 0.818 bits per heavy atom. The standard InChI is InChI=1S/C40H40N2O2/c1-6-7-8-11-29(5)42(35-23-16-27(3)24-28(35)4)32-21-17-30(18-22-32)37-39(43)38(40(37)44)34-25-41(31-19-14-26(2)15-20-31)36-13-10-9-12-33(34)36/h9-10,12-25,29H,6-8,11H2,1-5H3/p+1. The van der Waals surface area contributed by atoms with Gasteiger partial charge < -0.3 is 10.0 Å². The Balaban J connectivity index is 1.35. The molecule has 4 nitrogen and oxygen atoms in total. The molecule has 0 radical (unpaired) electrons. The number of aryl methyl sites for hydroxylation is 3. The second kappa shape index (κ2) is 12.1. The van der Waals surface area contributed by atoms with Crippen molar-refractivity contribution >= 4 is 45.9 Å². The summed E-state index contributed by atoms with van der Waals surface area (Å²) in [5.41, 5.74) is 11.2. The average Bonchev–Trinajstić information content (AvgIpc) is 3.38. The second-order valence-electron chi connectivity index (χ2n) is 12.2. The molecular weight excluding hydrogens is 540 g/mol. The van der Waals surface area contributed by atoms with Crippen LogP contribution in [0.25, 0.3) is 11.1 Å². The fourth-order valence-corrected chi connectivity index (χ4v) is 6.53. The van der Waals surface area contributed by atoms with E-state index < -0.39 is 0 Å². The Kier molecular flexibility index (Phi) is 8.09. The van der Waals surface area contributed by atoms with E-state index in [4.69, 9.17) is 0 Å². The molecule has 1 N–H and O–H groups in total. The smallest absolute Gasteiger partial charge is 0.219 e. The van der Waals surface area contributed by atoms with Gasteiger partial charge in [0, 0.05) is 35.6 Å². The molecule has 1 heterocycles. The highest BCUT2D eigenvalue weighted by atomic mass is 16.3. The van der Waals surface area contributed by atoms with Gasteiger partial charge in [-0.1, -0.05) is 85.8 Å². The molecule has 0 saturated carbocycles. The maximum absolute atomic E-state index is 13.7. The summed E-state index contributed by atoms with van der Waals surface area (Å²) in [6.07, 6.45) is 6.68. The molecule has 1 atom stereocenters. The summed E-state index contributed by atoms with van der Waals surface area (Å²) < 4.78 is 2.09. The molecule has 1 unspecified atom stereocenters. The van der Waals surface area contributed by atoms with Crippen LogP contribution in [0.4, 0.5) is 22.7 Å². The van der Waals surface area contributed by atoms with Crippen molar-refractivity contribution in [3.63, 3.8) is 0 Å². The third-order valence-electron chi connectivity index (χ3n) is 8.93. The number of ketones is 1. The molecule has 0 amide bonds. The minimum absolute atomic E-state index is 0.0636. The second-order valence-corrected chi connectivity index (χ2v) is 12.2. The van der Waals surface area contributed by atoms with Crippen molar-refractivity contribution in [2.45, 2.75) is 66.3 Å². The first-order valence-corrected chi connectivity index (χ1v) is 15.8. The number of allylic oxidation sites excluding steroid dienone is 3. The molecule has 0 spiro atoms. The number of Topliss-reactive ketones (excluding diaryl/α,β-unsaturated/α-hetero) is 1. The first kappa shape index (κ1) is 29.4. The third kappa shape index (κ3) is 5.30.